The Hall–Kier alpha value is -1.73. The predicted molar refractivity (Wildman–Crippen MR) is 66.9 cm³/mol. The Morgan fingerprint density at radius 3 is 2.75 bits per heavy atom. The molecule has 20 heavy (non-hydrogen) atoms. The van der Waals surface area contributed by atoms with Gasteiger partial charge in [-0.25, -0.2) is 0 Å². The number of nitrogens with two attached hydrogens (primary N) is 1. The zero-order valence-corrected chi connectivity index (χ0v) is 11.1. The average Bonchev–Trinajstić information content (AvgIpc) is 2.69. The second-order valence-corrected chi connectivity index (χ2v) is 5.14. The average molecular weight is 290 g/mol. The van der Waals surface area contributed by atoms with E-state index in [1.165, 1.54) is 10.9 Å². The fraction of sp³-hybridized carbons (Fsp3) is 0.667. The molecule has 2 atom stereocenters. The van der Waals surface area contributed by atoms with Crippen molar-refractivity contribution in [3.8, 4) is 0 Å². The Balaban J connectivity index is 1.99. The number of hydrogen-bond acceptors (Lipinski definition) is 3. The van der Waals surface area contributed by atoms with Gasteiger partial charge in [0.1, 0.15) is 11.4 Å². The van der Waals surface area contributed by atoms with Gasteiger partial charge in [0.05, 0.1) is 12.1 Å². The van der Waals surface area contributed by atoms with Gasteiger partial charge in [-0.1, -0.05) is 6.42 Å². The summed E-state index contributed by atoms with van der Waals surface area (Å²) in [6.07, 6.45) is -1.82. The van der Waals surface area contributed by atoms with Crippen molar-refractivity contribution in [2.45, 2.75) is 37.9 Å². The van der Waals surface area contributed by atoms with Gasteiger partial charge in [0.25, 0.3) is 5.91 Å². The van der Waals surface area contributed by atoms with Crippen LogP contribution < -0.4 is 11.1 Å². The highest BCUT2D eigenvalue weighted by molar-refractivity contribution is 5.98. The molecule has 1 fully saturated rings. The first-order valence-corrected chi connectivity index (χ1v) is 6.44. The van der Waals surface area contributed by atoms with Gasteiger partial charge in [-0.15, -0.1) is 0 Å². The second-order valence-electron chi connectivity index (χ2n) is 5.14. The van der Waals surface area contributed by atoms with Gasteiger partial charge in [0.15, 0.2) is 0 Å². The van der Waals surface area contributed by atoms with E-state index in [0.717, 1.165) is 0 Å². The van der Waals surface area contributed by atoms with Crippen molar-refractivity contribution < 1.29 is 18.0 Å². The van der Waals surface area contributed by atoms with Crippen LogP contribution in [0.25, 0.3) is 0 Å². The maximum atomic E-state index is 12.7. The van der Waals surface area contributed by atoms with Crippen molar-refractivity contribution in [1.82, 2.24) is 15.1 Å². The molecule has 1 aliphatic carbocycles. The van der Waals surface area contributed by atoms with Crippen molar-refractivity contribution in [3.05, 3.63) is 11.8 Å². The summed E-state index contributed by atoms with van der Waals surface area (Å²) in [4.78, 5) is 12.0. The van der Waals surface area contributed by atoms with E-state index in [1.807, 2.05) is 0 Å². The van der Waals surface area contributed by atoms with Crippen LogP contribution in [-0.2, 0) is 7.05 Å². The molecule has 2 rings (SSSR count). The third-order valence-corrected chi connectivity index (χ3v) is 3.70. The van der Waals surface area contributed by atoms with Crippen LogP contribution in [0.2, 0.25) is 0 Å². The molecule has 1 amide bonds. The number of hydrogen-bond donors (Lipinski definition) is 2. The molecule has 0 radical (unpaired) electrons. The number of nitrogens with one attached hydrogen (secondary N) is 1. The molecule has 3 N–H and O–H groups in total. The van der Waals surface area contributed by atoms with Crippen molar-refractivity contribution in [3.63, 3.8) is 0 Å². The Kier molecular flexibility index (Phi) is 3.92. The Morgan fingerprint density at radius 2 is 2.20 bits per heavy atom. The zero-order valence-electron chi connectivity index (χ0n) is 11.1. The molecule has 0 spiro atoms. The number of amides is 1. The molecule has 1 aliphatic rings. The maximum Gasteiger partial charge on any atom is 0.391 e. The second kappa shape index (κ2) is 5.34. The van der Waals surface area contributed by atoms with Crippen molar-refractivity contribution >= 4 is 11.7 Å². The molecular weight excluding hydrogens is 273 g/mol. The largest absolute Gasteiger partial charge is 0.391 e. The smallest absolute Gasteiger partial charge is 0.383 e. The van der Waals surface area contributed by atoms with E-state index in [2.05, 4.69) is 10.4 Å². The number of aromatic nitrogens is 2. The van der Waals surface area contributed by atoms with Crippen LogP contribution in [0.1, 0.15) is 36.0 Å². The molecule has 0 aromatic carbocycles. The van der Waals surface area contributed by atoms with Crippen LogP contribution in [0.5, 0.6) is 0 Å². The molecule has 5 nitrogen and oxygen atoms in total. The lowest BCUT2D eigenvalue weighted by Crippen LogP contribution is -2.41. The van der Waals surface area contributed by atoms with Crippen molar-refractivity contribution in [2.24, 2.45) is 13.0 Å². The normalized spacial score (nSPS) is 23.6. The molecule has 1 heterocycles. The third kappa shape index (κ3) is 3.05. The fourth-order valence-corrected chi connectivity index (χ4v) is 2.50. The van der Waals surface area contributed by atoms with Crippen LogP contribution >= 0.6 is 0 Å². The summed E-state index contributed by atoms with van der Waals surface area (Å²) in [5, 5.41) is 6.45. The molecule has 1 aromatic rings. The van der Waals surface area contributed by atoms with Crippen LogP contribution in [0.4, 0.5) is 19.0 Å². The standard InChI is InChI=1S/C12H17F3N4O/c1-19-10(16)9(6-17-19)11(20)18-8-4-2-3-7(5-8)12(13,14)15/h6-8H,2-5,16H2,1H3,(H,18,20). The van der Waals surface area contributed by atoms with Crippen LogP contribution in [0, 0.1) is 5.92 Å². The van der Waals surface area contributed by atoms with E-state index in [-0.39, 0.29) is 24.2 Å². The number of nitrogens with zero attached hydrogens (tertiary/aromatic N) is 2. The number of carbonyl (C=O) groups excluding carboxylic acids is 1. The zero-order chi connectivity index (χ0) is 14.9. The van der Waals surface area contributed by atoms with Gasteiger partial charge in [-0.05, 0) is 19.3 Å². The molecule has 112 valence electrons. The van der Waals surface area contributed by atoms with Gasteiger partial charge in [0.2, 0.25) is 0 Å². The number of anilines is 1. The summed E-state index contributed by atoms with van der Waals surface area (Å²) in [5.74, 6) is -1.61. The topological polar surface area (TPSA) is 72.9 Å². The van der Waals surface area contributed by atoms with E-state index in [9.17, 15) is 18.0 Å². The molecule has 0 bridgehead atoms. The highest BCUT2D eigenvalue weighted by Gasteiger charge is 2.42. The summed E-state index contributed by atoms with van der Waals surface area (Å²) in [6.45, 7) is 0. The van der Waals surface area contributed by atoms with Crippen LogP contribution in [0.3, 0.4) is 0 Å². The Morgan fingerprint density at radius 1 is 1.50 bits per heavy atom. The number of halogens is 3. The first-order valence-electron chi connectivity index (χ1n) is 6.44. The maximum absolute atomic E-state index is 12.7. The number of carbonyl (C=O) groups is 1. The van der Waals surface area contributed by atoms with E-state index in [4.69, 9.17) is 5.73 Å². The molecule has 1 saturated carbocycles. The van der Waals surface area contributed by atoms with Gasteiger partial charge >= 0.3 is 6.18 Å². The lowest BCUT2D eigenvalue weighted by Gasteiger charge is -2.30. The fourth-order valence-electron chi connectivity index (χ4n) is 2.50. The lowest BCUT2D eigenvalue weighted by atomic mass is 9.85. The summed E-state index contributed by atoms with van der Waals surface area (Å²) >= 11 is 0. The quantitative estimate of drug-likeness (QED) is 0.873. The molecule has 1 aromatic heterocycles. The van der Waals surface area contributed by atoms with Crippen molar-refractivity contribution in [1.29, 1.82) is 0 Å². The van der Waals surface area contributed by atoms with Gasteiger partial charge in [-0.2, -0.15) is 18.3 Å². The summed E-state index contributed by atoms with van der Waals surface area (Å²) in [7, 11) is 1.59. The Bertz CT molecular complexity index is 497. The first kappa shape index (κ1) is 14.7. The summed E-state index contributed by atoms with van der Waals surface area (Å²) in [5.41, 5.74) is 5.86. The number of nitrogen functional groups attached to an aromatic ring is 1. The van der Waals surface area contributed by atoms with E-state index >= 15 is 0 Å². The third-order valence-electron chi connectivity index (χ3n) is 3.70. The summed E-state index contributed by atoms with van der Waals surface area (Å²) in [6, 6.07) is -0.470. The molecule has 8 heteroatoms. The number of alkyl halides is 3. The van der Waals surface area contributed by atoms with E-state index in [0.29, 0.717) is 12.8 Å². The molecule has 0 aliphatic heterocycles. The van der Waals surface area contributed by atoms with Crippen LogP contribution in [-0.4, -0.2) is 27.9 Å². The minimum absolute atomic E-state index is 0.0740. The minimum atomic E-state index is -4.20. The lowest BCUT2D eigenvalue weighted by molar-refractivity contribution is -0.183. The van der Waals surface area contributed by atoms with Crippen LogP contribution in [0.15, 0.2) is 6.20 Å². The number of aryl methyl sites for hydroxylation is 1. The Labute approximate surface area is 114 Å². The number of rotatable bonds is 2. The predicted octanol–water partition coefficient (Wildman–Crippen LogP) is 1.85. The molecular formula is C12H17F3N4O. The highest BCUT2D eigenvalue weighted by atomic mass is 19.4. The van der Waals surface area contributed by atoms with Gasteiger partial charge in [-0.3, -0.25) is 9.48 Å². The van der Waals surface area contributed by atoms with Gasteiger partial charge in [0, 0.05) is 13.1 Å². The van der Waals surface area contributed by atoms with Crippen molar-refractivity contribution in [2.75, 3.05) is 5.73 Å². The first-order chi connectivity index (χ1) is 9.29. The molecule has 2 unspecified atom stereocenters. The summed E-state index contributed by atoms with van der Waals surface area (Å²) < 4.78 is 39.4. The SMILES string of the molecule is Cn1ncc(C(=O)NC2CCCC(C(F)(F)F)C2)c1N. The van der Waals surface area contributed by atoms with E-state index < -0.39 is 24.0 Å². The monoisotopic (exact) mass is 290 g/mol. The van der Waals surface area contributed by atoms with E-state index in [1.54, 1.807) is 7.05 Å². The minimum Gasteiger partial charge on any atom is -0.383 e. The highest BCUT2D eigenvalue weighted by Crippen LogP contribution is 2.37. The molecule has 0 saturated heterocycles. The van der Waals surface area contributed by atoms with Gasteiger partial charge < -0.3 is 11.1 Å².